The van der Waals surface area contributed by atoms with Crippen molar-refractivity contribution in [2.24, 2.45) is 0 Å². The van der Waals surface area contributed by atoms with Gasteiger partial charge in [0, 0.05) is 20.7 Å². The van der Waals surface area contributed by atoms with E-state index in [2.05, 4.69) is 26.7 Å². The van der Waals surface area contributed by atoms with Gasteiger partial charge >= 0.3 is 0 Å². The molecule has 0 bridgehead atoms. The molecule has 3 aromatic rings. The van der Waals surface area contributed by atoms with Gasteiger partial charge in [-0.15, -0.1) is 0 Å². The number of anilines is 2. The van der Waals surface area contributed by atoms with Crippen molar-refractivity contribution >= 4 is 74.0 Å². The van der Waals surface area contributed by atoms with E-state index in [-0.39, 0.29) is 11.5 Å². The van der Waals surface area contributed by atoms with Crippen molar-refractivity contribution in [1.82, 2.24) is 10.4 Å². The molecule has 1 heterocycles. The van der Waals surface area contributed by atoms with E-state index < -0.39 is 23.8 Å². The molecule has 0 saturated carbocycles. The average Bonchev–Trinajstić information content (AvgIpc) is 3.04. The summed E-state index contributed by atoms with van der Waals surface area (Å²) in [6.07, 6.45) is -0.224. The molecule has 34 heavy (non-hydrogen) atoms. The van der Waals surface area contributed by atoms with Crippen LogP contribution in [0.4, 0.5) is 11.4 Å². The minimum absolute atomic E-state index is 0.0512. The second kappa shape index (κ2) is 10.3. The predicted molar refractivity (Wildman–Crippen MR) is 138 cm³/mol. The Morgan fingerprint density at radius 3 is 2.26 bits per heavy atom. The molecule has 1 fully saturated rings. The third kappa shape index (κ3) is 5.27. The van der Waals surface area contributed by atoms with E-state index in [1.807, 2.05) is 6.07 Å². The summed E-state index contributed by atoms with van der Waals surface area (Å²) in [5.74, 6) is -1.30. The molecule has 7 nitrogen and oxygen atoms in total. The summed E-state index contributed by atoms with van der Waals surface area (Å²) in [4.78, 5) is 40.3. The zero-order valence-electron chi connectivity index (χ0n) is 17.6. The summed E-state index contributed by atoms with van der Waals surface area (Å²) < 4.78 is 0.820. The van der Waals surface area contributed by atoms with Gasteiger partial charge < -0.3 is 5.32 Å². The molecule has 172 valence electrons. The molecule has 1 saturated heterocycles. The first-order chi connectivity index (χ1) is 16.3. The maximum atomic E-state index is 13.4. The third-order valence-electron chi connectivity index (χ3n) is 5.06. The Kier molecular flexibility index (Phi) is 7.26. The Labute approximate surface area is 214 Å². The maximum Gasteiger partial charge on any atom is 0.269 e. The van der Waals surface area contributed by atoms with Crippen molar-refractivity contribution in [3.8, 4) is 0 Å². The number of hydrazine groups is 1. The van der Waals surface area contributed by atoms with E-state index in [0.29, 0.717) is 22.0 Å². The Balaban J connectivity index is 1.60. The Morgan fingerprint density at radius 1 is 0.971 bits per heavy atom. The molecule has 3 amide bonds. The van der Waals surface area contributed by atoms with Gasteiger partial charge in [0.2, 0.25) is 11.0 Å². The number of nitrogens with zero attached hydrogens (tertiary/aromatic N) is 2. The lowest BCUT2D eigenvalue weighted by atomic mass is 10.1. The van der Waals surface area contributed by atoms with Gasteiger partial charge in [-0.1, -0.05) is 45.7 Å². The standard InChI is InChI=1S/C24H18BrClN4O3S/c25-16-8-6-15(7-9-16)22(32)28-30-20(14-21(31)27-18-4-2-1-3-5-18)23(33)29(24(30)34)19-12-10-17(26)11-13-19/h1-13,20H,14H2,(H,27,31)(H,28,32). The number of halogens is 2. The largest absolute Gasteiger partial charge is 0.326 e. The molecule has 4 rings (SSSR count). The Bertz CT molecular complexity index is 1240. The zero-order valence-corrected chi connectivity index (χ0v) is 20.7. The predicted octanol–water partition coefficient (Wildman–Crippen LogP) is 4.78. The first-order valence-electron chi connectivity index (χ1n) is 10.2. The van der Waals surface area contributed by atoms with Crippen LogP contribution in [0.15, 0.2) is 83.3 Å². The van der Waals surface area contributed by atoms with Crippen LogP contribution in [-0.2, 0) is 9.59 Å². The fourth-order valence-electron chi connectivity index (χ4n) is 3.41. The number of nitrogens with one attached hydrogen (secondary N) is 2. The first kappa shape index (κ1) is 23.9. The van der Waals surface area contributed by atoms with Gasteiger partial charge in [0.15, 0.2) is 0 Å². The molecule has 0 aliphatic carbocycles. The van der Waals surface area contributed by atoms with Crippen LogP contribution in [-0.4, -0.2) is 33.9 Å². The van der Waals surface area contributed by atoms with Crippen LogP contribution in [0.2, 0.25) is 5.02 Å². The number of amides is 3. The number of carbonyl (C=O) groups is 3. The lowest BCUT2D eigenvalue weighted by molar-refractivity contribution is -0.124. The summed E-state index contributed by atoms with van der Waals surface area (Å²) in [6, 6.07) is 21.1. The lowest BCUT2D eigenvalue weighted by Crippen LogP contribution is -2.49. The minimum atomic E-state index is -1.04. The van der Waals surface area contributed by atoms with Crippen LogP contribution < -0.4 is 15.6 Å². The first-order valence-corrected chi connectivity index (χ1v) is 11.8. The van der Waals surface area contributed by atoms with Crippen LogP contribution in [0, 0.1) is 0 Å². The monoisotopic (exact) mass is 556 g/mol. The van der Waals surface area contributed by atoms with E-state index in [0.717, 1.165) is 4.47 Å². The van der Waals surface area contributed by atoms with E-state index in [4.69, 9.17) is 23.8 Å². The Hall–Kier alpha value is -3.27. The molecule has 0 radical (unpaired) electrons. The highest BCUT2D eigenvalue weighted by Gasteiger charge is 2.45. The molecule has 1 unspecified atom stereocenters. The molecular formula is C24H18BrClN4O3S. The second-order valence-corrected chi connectivity index (χ2v) is 9.10. The van der Waals surface area contributed by atoms with Gasteiger partial charge in [-0.25, -0.2) is 5.01 Å². The number of hydrogen-bond acceptors (Lipinski definition) is 4. The zero-order chi connectivity index (χ0) is 24.2. The maximum absolute atomic E-state index is 13.4. The number of rotatable bonds is 6. The third-order valence-corrected chi connectivity index (χ3v) is 6.22. The molecule has 0 spiro atoms. The van der Waals surface area contributed by atoms with Crippen molar-refractivity contribution in [3.63, 3.8) is 0 Å². The minimum Gasteiger partial charge on any atom is -0.326 e. The normalized spacial score (nSPS) is 15.4. The molecular weight excluding hydrogens is 540 g/mol. The van der Waals surface area contributed by atoms with E-state index >= 15 is 0 Å². The van der Waals surface area contributed by atoms with Gasteiger partial charge in [-0.2, -0.15) is 0 Å². The highest BCUT2D eigenvalue weighted by molar-refractivity contribution is 9.10. The van der Waals surface area contributed by atoms with Gasteiger partial charge in [0.1, 0.15) is 6.04 Å². The SMILES string of the molecule is O=C(CC1C(=O)N(c2ccc(Cl)cc2)C(=S)N1NC(=O)c1ccc(Br)cc1)Nc1ccccc1. The van der Waals surface area contributed by atoms with Gasteiger partial charge in [0.05, 0.1) is 12.1 Å². The quantitative estimate of drug-likeness (QED) is 0.427. The van der Waals surface area contributed by atoms with Crippen molar-refractivity contribution in [2.45, 2.75) is 12.5 Å². The fourth-order valence-corrected chi connectivity index (χ4v) is 4.17. The summed E-state index contributed by atoms with van der Waals surface area (Å²) in [6.45, 7) is 0. The molecule has 2 N–H and O–H groups in total. The number of thiocarbonyl (C=S) groups is 1. The summed E-state index contributed by atoms with van der Waals surface area (Å²) in [7, 11) is 0. The molecule has 3 aromatic carbocycles. The van der Waals surface area contributed by atoms with Crippen molar-refractivity contribution in [3.05, 3.63) is 93.9 Å². The highest BCUT2D eigenvalue weighted by atomic mass is 79.9. The van der Waals surface area contributed by atoms with Gasteiger partial charge in [-0.05, 0) is 72.9 Å². The molecule has 1 aliphatic rings. The van der Waals surface area contributed by atoms with Crippen LogP contribution in [0.25, 0.3) is 0 Å². The van der Waals surface area contributed by atoms with Crippen molar-refractivity contribution < 1.29 is 14.4 Å². The summed E-state index contributed by atoms with van der Waals surface area (Å²) >= 11 is 14.9. The molecule has 1 aliphatic heterocycles. The van der Waals surface area contributed by atoms with Crippen LogP contribution >= 0.6 is 39.7 Å². The smallest absolute Gasteiger partial charge is 0.269 e. The fraction of sp³-hybridized carbons (Fsp3) is 0.0833. The number of hydrogen-bond donors (Lipinski definition) is 2. The van der Waals surface area contributed by atoms with E-state index in [1.54, 1.807) is 72.8 Å². The number of carbonyl (C=O) groups excluding carboxylic acids is 3. The Morgan fingerprint density at radius 2 is 1.62 bits per heavy atom. The van der Waals surface area contributed by atoms with Crippen LogP contribution in [0.1, 0.15) is 16.8 Å². The highest BCUT2D eigenvalue weighted by Crippen LogP contribution is 2.27. The number of benzene rings is 3. The second-order valence-electron chi connectivity index (χ2n) is 7.38. The number of para-hydroxylation sites is 1. The van der Waals surface area contributed by atoms with Gasteiger partial charge in [-0.3, -0.25) is 24.7 Å². The van der Waals surface area contributed by atoms with E-state index in [1.165, 1.54) is 9.91 Å². The molecule has 10 heteroatoms. The average molecular weight is 558 g/mol. The summed E-state index contributed by atoms with van der Waals surface area (Å²) in [5, 5.41) is 4.58. The van der Waals surface area contributed by atoms with Crippen molar-refractivity contribution in [2.75, 3.05) is 10.2 Å². The lowest BCUT2D eigenvalue weighted by Gasteiger charge is -2.24. The molecule has 0 aromatic heterocycles. The summed E-state index contributed by atoms with van der Waals surface area (Å²) in [5.41, 5.74) is 4.14. The van der Waals surface area contributed by atoms with E-state index in [9.17, 15) is 14.4 Å². The van der Waals surface area contributed by atoms with Crippen LogP contribution in [0.5, 0.6) is 0 Å². The topological polar surface area (TPSA) is 81.8 Å². The van der Waals surface area contributed by atoms with Crippen molar-refractivity contribution in [1.29, 1.82) is 0 Å². The van der Waals surface area contributed by atoms with Gasteiger partial charge in [0.25, 0.3) is 11.8 Å². The molecule has 1 atom stereocenters. The van der Waals surface area contributed by atoms with Crippen LogP contribution in [0.3, 0.4) is 0 Å².